The molecule has 11 heavy (non-hydrogen) atoms. The molecule has 0 spiro atoms. The standard InChI is InChI=1S/C8H4Se3/c1-3-10-8-5(1)7-6(11-8)2-4-9-7/h1-4H. The molecule has 0 saturated heterocycles. The van der Waals surface area contributed by atoms with E-state index in [4.69, 9.17) is 0 Å². The summed E-state index contributed by atoms with van der Waals surface area (Å²) in [4.78, 5) is 4.74. The second-order valence-electron chi connectivity index (χ2n) is 2.34. The summed E-state index contributed by atoms with van der Waals surface area (Å²) in [5.41, 5.74) is 0. The Balaban J connectivity index is 2.75. The number of hydrogen-bond donors (Lipinski definition) is 0. The normalized spacial score (nSPS) is 11.6. The fourth-order valence-corrected chi connectivity index (χ4v) is 10.2. The zero-order chi connectivity index (χ0) is 7.26. The molecule has 0 aliphatic rings. The van der Waals surface area contributed by atoms with Gasteiger partial charge in [-0.3, -0.25) is 0 Å². The number of hydrogen-bond acceptors (Lipinski definition) is 0. The van der Waals surface area contributed by atoms with Gasteiger partial charge >= 0.3 is 82.6 Å². The van der Waals surface area contributed by atoms with Gasteiger partial charge in [-0.1, -0.05) is 0 Å². The topological polar surface area (TPSA) is 0 Å². The van der Waals surface area contributed by atoms with E-state index in [1.807, 2.05) is 0 Å². The van der Waals surface area contributed by atoms with E-state index in [0.29, 0.717) is 14.5 Å². The van der Waals surface area contributed by atoms with Crippen LogP contribution in [0.1, 0.15) is 0 Å². The molecule has 0 nitrogen and oxygen atoms in total. The Morgan fingerprint density at radius 2 is 1.91 bits per heavy atom. The Kier molecular flexibility index (Phi) is 1.59. The van der Waals surface area contributed by atoms with Crippen molar-refractivity contribution in [2.24, 2.45) is 0 Å². The molecule has 0 bridgehead atoms. The first-order valence-electron chi connectivity index (χ1n) is 3.28. The van der Waals surface area contributed by atoms with Crippen molar-refractivity contribution in [2.75, 3.05) is 0 Å². The van der Waals surface area contributed by atoms with Crippen molar-refractivity contribution in [3.63, 3.8) is 0 Å². The van der Waals surface area contributed by atoms with Gasteiger partial charge in [0.05, 0.1) is 0 Å². The molecule has 3 aromatic heterocycles. The van der Waals surface area contributed by atoms with Crippen LogP contribution in [0.25, 0.3) is 17.0 Å². The molecule has 0 atom stereocenters. The third kappa shape index (κ3) is 0.938. The van der Waals surface area contributed by atoms with E-state index < -0.39 is 0 Å². The van der Waals surface area contributed by atoms with Crippen molar-refractivity contribution in [1.29, 1.82) is 0 Å². The van der Waals surface area contributed by atoms with Crippen LogP contribution in [0.3, 0.4) is 0 Å². The van der Waals surface area contributed by atoms with Gasteiger partial charge in [0.15, 0.2) is 0 Å². The summed E-state index contributed by atoms with van der Waals surface area (Å²) >= 11 is 2.13. The van der Waals surface area contributed by atoms with Crippen LogP contribution in [0.4, 0.5) is 0 Å². The maximum atomic E-state index is 2.37. The van der Waals surface area contributed by atoms with Gasteiger partial charge in [-0.25, -0.2) is 0 Å². The zero-order valence-electron chi connectivity index (χ0n) is 5.53. The predicted molar refractivity (Wildman–Crippen MR) is 52.3 cm³/mol. The minimum absolute atomic E-state index is 0.679. The van der Waals surface area contributed by atoms with Gasteiger partial charge in [0.2, 0.25) is 0 Å². The molecular formula is C8H4Se3. The van der Waals surface area contributed by atoms with Gasteiger partial charge in [-0.05, 0) is 0 Å². The Morgan fingerprint density at radius 1 is 1.00 bits per heavy atom. The first-order chi connectivity index (χ1) is 5.45. The molecule has 0 amide bonds. The second-order valence-corrected chi connectivity index (χ2v) is 9.70. The Morgan fingerprint density at radius 3 is 2.91 bits per heavy atom. The van der Waals surface area contributed by atoms with Crippen LogP contribution in [-0.2, 0) is 0 Å². The number of fused-ring (bicyclic) bond motifs is 3. The van der Waals surface area contributed by atoms with E-state index in [9.17, 15) is 0 Å². The van der Waals surface area contributed by atoms with Gasteiger partial charge in [-0.15, -0.1) is 0 Å². The third-order valence-electron chi connectivity index (χ3n) is 1.71. The summed E-state index contributed by atoms with van der Waals surface area (Å²) in [6.45, 7) is 0. The van der Waals surface area contributed by atoms with Crippen LogP contribution in [0.5, 0.6) is 0 Å². The first-order valence-corrected chi connectivity index (χ1v) is 8.69. The summed E-state index contributed by atoms with van der Waals surface area (Å²) in [6, 6.07) is 4.71. The SMILES string of the molecule is c1cc2c([se]1)[se]c1cc[se]c12. The van der Waals surface area contributed by atoms with Gasteiger partial charge in [0.1, 0.15) is 0 Å². The predicted octanol–water partition coefficient (Wildman–Crippen LogP) is 1.16. The Hall–Kier alpha value is 0.518. The molecule has 54 valence electrons. The molecule has 0 aliphatic carbocycles. The molecule has 0 aromatic carbocycles. The van der Waals surface area contributed by atoms with Crippen LogP contribution in [0.2, 0.25) is 0 Å². The molecule has 0 N–H and O–H groups in total. The summed E-state index contributed by atoms with van der Waals surface area (Å²) in [7, 11) is 0. The van der Waals surface area contributed by atoms with Crippen molar-refractivity contribution in [3.8, 4) is 0 Å². The number of rotatable bonds is 0. The molecule has 3 rings (SSSR count). The molecular weight excluding hydrogens is 333 g/mol. The monoisotopic (exact) mass is 340 g/mol. The first kappa shape index (κ1) is 6.97. The van der Waals surface area contributed by atoms with Crippen LogP contribution in [-0.4, -0.2) is 43.5 Å². The Bertz CT molecular complexity index is 452. The minimum atomic E-state index is 0.679. The molecule has 0 radical (unpaired) electrons. The third-order valence-corrected chi connectivity index (χ3v) is 9.81. The zero-order valence-corrected chi connectivity index (χ0v) is 10.7. The summed E-state index contributed by atoms with van der Waals surface area (Å²) < 4.78 is 5.19. The van der Waals surface area contributed by atoms with E-state index in [1.54, 1.807) is 17.0 Å². The summed E-state index contributed by atoms with van der Waals surface area (Å²) in [5.74, 6) is 0. The second kappa shape index (κ2) is 2.50. The van der Waals surface area contributed by atoms with Gasteiger partial charge in [-0.2, -0.15) is 0 Å². The quantitative estimate of drug-likeness (QED) is 0.541. The van der Waals surface area contributed by atoms with E-state index in [-0.39, 0.29) is 0 Å². The maximum absolute atomic E-state index is 2.37. The molecule has 0 fully saturated rings. The van der Waals surface area contributed by atoms with Crippen LogP contribution in [0.15, 0.2) is 22.0 Å². The molecule has 0 saturated carbocycles. The van der Waals surface area contributed by atoms with Crippen LogP contribution in [0, 0.1) is 0 Å². The van der Waals surface area contributed by atoms with Crippen molar-refractivity contribution in [2.45, 2.75) is 0 Å². The van der Waals surface area contributed by atoms with Gasteiger partial charge in [0, 0.05) is 0 Å². The summed E-state index contributed by atoms with van der Waals surface area (Å²) in [5, 5.41) is 1.64. The van der Waals surface area contributed by atoms with Crippen molar-refractivity contribution >= 4 is 60.6 Å². The van der Waals surface area contributed by atoms with E-state index >= 15 is 0 Å². The van der Waals surface area contributed by atoms with E-state index in [0.717, 1.165) is 29.0 Å². The van der Waals surface area contributed by atoms with E-state index in [2.05, 4.69) is 22.0 Å². The van der Waals surface area contributed by atoms with Crippen LogP contribution >= 0.6 is 0 Å². The van der Waals surface area contributed by atoms with Crippen molar-refractivity contribution in [1.82, 2.24) is 0 Å². The fraction of sp³-hybridized carbons (Fsp3) is 0. The van der Waals surface area contributed by atoms with Gasteiger partial charge < -0.3 is 0 Å². The fourth-order valence-electron chi connectivity index (χ4n) is 1.22. The molecule has 0 aliphatic heterocycles. The molecule has 3 heterocycles. The summed E-state index contributed by atoms with van der Waals surface area (Å²) in [6.07, 6.45) is 0. The molecule has 3 aromatic rings. The molecule has 0 unspecified atom stereocenters. The van der Waals surface area contributed by atoms with Crippen molar-refractivity contribution in [3.05, 3.63) is 22.0 Å². The average molecular weight is 337 g/mol. The molecule has 3 heteroatoms. The Labute approximate surface area is 82.1 Å². The van der Waals surface area contributed by atoms with Crippen molar-refractivity contribution < 1.29 is 0 Å². The van der Waals surface area contributed by atoms with Crippen LogP contribution < -0.4 is 0 Å². The average Bonchev–Trinajstić information content (AvgIpc) is 2.52. The van der Waals surface area contributed by atoms with E-state index in [1.165, 1.54) is 0 Å². The van der Waals surface area contributed by atoms with Gasteiger partial charge in [0.25, 0.3) is 0 Å².